The molecule has 1 heterocycles. The van der Waals surface area contributed by atoms with Crippen molar-refractivity contribution < 1.29 is 23.9 Å². The van der Waals surface area contributed by atoms with Crippen LogP contribution in [0.3, 0.4) is 0 Å². The molecule has 0 unspecified atom stereocenters. The Morgan fingerprint density at radius 1 is 1.10 bits per heavy atom. The normalized spacial score (nSPS) is 20.0. The summed E-state index contributed by atoms with van der Waals surface area (Å²) in [5.74, 6) is -1.09. The maximum atomic E-state index is 13.0. The lowest BCUT2D eigenvalue weighted by molar-refractivity contribution is -0.150. The number of ether oxygens (including phenoxy) is 1. The molecule has 2 aliphatic carbocycles. The van der Waals surface area contributed by atoms with Gasteiger partial charge in [0.1, 0.15) is 12.6 Å². The van der Waals surface area contributed by atoms with Gasteiger partial charge in [0.05, 0.1) is 5.56 Å². The molecule has 216 valence electrons. The SMILES string of the molecule is Cc1c2c(n(-c3ccc(C(N)=O)c(N[C@H]4CC[C@H](OC(=O)CNC(=O)CCN)CC4)c3)c1C)CC(C)(C)CC2=O. The molecule has 10 nitrogen and oxygen atoms in total. The Labute approximate surface area is 235 Å². The molecule has 40 heavy (non-hydrogen) atoms. The van der Waals surface area contributed by atoms with Crippen LogP contribution in [0.2, 0.25) is 0 Å². The van der Waals surface area contributed by atoms with E-state index in [1.165, 1.54) is 0 Å². The van der Waals surface area contributed by atoms with Crippen molar-refractivity contribution in [3.8, 4) is 5.69 Å². The van der Waals surface area contributed by atoms with Crippen molar-refractivity contribution in [2.75, 3.05) is 18.4 Å². The third-order valence-corrected chi connectivity index (χ3v) is 8.04. The van der Waals surface area contributed by atoms with Crippen molar-refractivity contribution in [2.45, 2.75) is 84.8 Å². The van der Waals surface area contributed by atoms with Gasteiger partial charge in [0.15, 0.2) is 5.78 Å². The van der Waals surface area contributed by atoms with E-state index in [1.54, 1.807) is 6.07 Å². The first kappa shape index (κ1) is 29.3. The average Bonchev–Trinajstić information content (AvgIpc) is 3.12. The van der Waals surface area contributed by atoms with E-state index in [9.17, 15) is 19.2 Å². The number of rotatable bonds is 9. The second-order valence-corrected chi connectivity index (χ2v) is 11.8. The first-order chi connectivity index (χ1) is 18.9. The summed E-state index contributed by atoms with van der Waals surface area (Å²) in [7, 11) is 0. The van der Waals surface area contributed by atoms with Crippen molar-refractivity contribution in [3.05, 3.63) is 46.3 Å². The van der Waals surface area contributed by atoms with Gasteiger partial charge in [-0.25, -0.2) is 0 Å². The zero-order valence-corrected chi connectivity index (χ0v) is 23.9. The van der Waals surface area contributed by atoms with E-state index in [-0.39, 0.29) is 48.8 Å². The zero-order chi connectivity index (χ0) is 29.2. The number of carbonyl (C=O) groups excluding carboxylic acids is 4. The fraction of sp³-hybridized carbons (Fsp3) is 0.533. The predicted molar refractivity (Wildman–Crippen MR) is 153 cm³/mol. The lowest BCUT2D eigenvalue weighted by atomic mass is 9.75. The molecule has 10 heteroatoms. The van der Waals surface area contributed by atoms with Crippen LogP contribution in [-0.4, -0.2) is 53.4 Å². The van der Waals surface area contributed by atoms with Crippen LogP contribution in [0, 0.1) is 19.3 Å². The Bertz CT molecular complexity index is 1320. The van der Waals surface area contributed by atoms with Gasteiger partial charge in [0, 0.05) is 53.8 Å². The van der Waals surface area contributed by atoms with Crippen molar-refractivity contribution in [1.82, 2.24) is 9.88 Å². The Balaban J connectivity index is 1.49. The molecule has 0 bridgehead atoms. The highest BCUT2D eigenvalue weighted by Crippen LogP contribution is 2.40. The molecule has 4 rings (SSSR count). The minimum atomic E-state index is -0.521. The lowest BCUT2D eigenvalue weighted by Gasteiger charge is -2.31. The monoisotopic (exact) mass is 551 g/mol. The van der Waals surface area contributed by atoms with E-state index in [4.69, 9.17) is 16.2 Å². The van der Waals surface area contributed by atoms with Gasteiger partial charge in [-0.05, 0) is 75.1 Å². The first-order valence-corrected chi connectivity index (χ1v) is 14.0. The Kier molecular flexibility index (Phi) is 8.68. The smallest absolute Gasteiger partial charge is 0.325 e. The van der Waals surface area contributed by atoms with Crippen LogP contribution in [0.4, 0.5) is 5.69 Å². The number of nitrogens with two attached hydrogens (primary N) is 2. The first-order valence-electron chi connectivity index (χ1n) is 14.0. The number of carbonyl (C=O) groups is 4. The predicted octanol–water partition coefficient (Wildman–Crippen LogP) is 3.08. The number of aromatic nitrogens is 1. The van der Waals surface area contributed by atoms with E-state index in [1.807, 2.05) is 26.0 Å². The van der Waals surface area contributed by atoms with Gasteiger partial charge in [-0.15, -0.1) is 0 Å². The van der Waals surface area contributed by atoms with Gasteiger partial charge < -0.3 is 31.4 Å². The number of primary amides is 1. The molecule has 0 spiro atoms. The second kappa shape index (κ2) is 11.8. The summed E-state index contributed by atoms with van der Waals surface area (Å²) in [5.41, 5.74) is 16.7. The number of amides is 2. The second-order valence-electron chi connectivity index (χ2n) is 11.8. The third-order valence-electron chi connectivity index (χ3n) is 8.04. The third kappa shape index (κ3) is 6.38. The number of anilines is 1. The highest BCUT2D eigenvalue weighted by Gasteiger charge is 2.36. The van der Waals surface area contributed by atoms with Crippen molar-refractivity contribution in [3.63, 3.8) is 0 Å². The van der Waals surface area contributed by atoms with E-state index in [0.29, 0.717) is 30.5 Å². The molecule has 2 amide bonds. The van der Waals surface area contributed by atoms with Gasteiger partial charge in [0.25, 0.3) is 5.91 Å². The minimum absolute atomic E-state index is 0.0643. The summed E-state index contributed by atoms with van der Waals surface area (Å²) in [6.07, 6.45) is 4.04. The van der Waals surface area contributed by atoms with Gasteiger partial charge in [-0.3, -0.25) is 19.2 Å². The van der Waals surface area contributed by atoms with Crippen molar-refractivity contribution in [2.24, 2.45) is 16.9 Å². The Morgan fingerprint density at radius 2 is 1.80 bits per heavy atom. The number of hydrogen-bond donors (Lipinski definition) is 4. The fourth-order valence-electron chi connectivity index (χ4n) is 5.97. The molecule has 0 atom stereocenters. The number of nitrogens with zero attached hydrogens (tertiary/aromatic N) is 1. The van der Waals surface area contributed by atoms with E-state index in [0.717, 1.165) is 47.5 Å². The quantitative estimate of drug-likeness (QED) is 0.349. The Morgan fingerprint density at radius 3 is 2.45 bits per heavy atom. The number of esters is 1. The maximum Gasteiger partial charge on any atom is 0.325 e. The number of ketones is 1. The molecule has 0 radical (unpaired) electrons. The molecule has 1 fully saturated rings. The molecule has 0 saturated heterocycles. The largest absolute Gasteiger partial charge is 0.461 e. The van der Waals surface area contributed by atoms with Crippen LogP contribution in [0.15, 0.2) is 18.2 Å². The average molecular weight is 552 g/mol. The zero-order valence-electron chi connectivity index (χ0n) is 23.9. The van der Waals surface area contributed by atoms with E-state index < -0.39 is 11.9 Å². The molecular formula is C30H41N5O5. The van der Waals surface area contributed by atoms with Crippen LogP contribution in [0.5, 0.6) is 0 Å². The highest BCUT2D eigenvalue weighted by molar-refractivity contribution is 6.01. The highest BCUT2D eigenvalue weighted by atomic mass is 16.5. The van der Waals surface area contributed by atoms with Crippen molar-refractivity contribution in [1.29, 1.82) is 0 Å². The molecule has 1 saturated carbocycles. The minimum Gasteiger partial charge on any atom is -0.461 e. The van der Waals surface area contributed by atoms with E-state index >= 15 is 0 Å². The van der Waals surface area contributed by atoms with Crippen LogP contribution < -0.4 is 22.1 Å². The number of benzene rings is 1. The van der Waals surface area contributed by atoms with Crippen LogP contribution in [0.25, 0.3) is 5.69 Å². The Hall–Kier alpha value is -3.66. The topological polar surface area (TPSA) is 159 Å². The molecule has 0 aliphatic heterocycles. The molecule has 2 aliphatic rings. The van der Waals surface area contributed by atoms with Crippen LogP contribution in [-0.2, 0) is 20.7 Å². The summed E-state index contributed by atoms with van der Waals surface area (Å²) < 4.78 is 7.67. The van der Waals surface area contributed by atoms with Gasteiger partial charge in [-0.2, -0.15) is 0 Å². The van der Waals surface area contributed by atoms with Crippen LogP contribution >= 0.6 is 0 Å². The summed E-state index contributed by atoms with van der Waals surface area (Å²) in [6.45, 7) is 8.31. The maximum absolute atomic E-state index is 13.0. The molecule has 1 aromatic heterocycles. The molecule has 2 aromatic rings. The lowest BCUT2D eigenvalue weighted by Crippen LogP contribution is -2.36. The number of nitrogens with one attached hydrogen (secondary N) is 2. The molecular weight excluding hydrogens is 510 g/mol. The van der Waals surface area contributed by atoms with Gasteiger partial charge >= 0.3 is 5.97 Å². The van der Waals surface area contributed by atoms with Crippen LogP contribution in [0.1, 0.15) is 90.0 Å². The fourth-order valence-corrected chi connectivity index (χ4v) is 5.97. The summed E-state index contributed by atoms with van der Waals surface area (Å²) in [4.78, 5) is 49.0. The molecule has 6 N–H and O–H groups in total. The van der Waals surface area contributed by atoms with Crippen molar-refractivity contribution >= 4 is 29.3 Å². The number of fused-ring (bicyclic) bond motifs is 1. The summed E-state index contributed by atoms with van der Waals surface area (Å²) in [5, 5.41) is 6.02. The summed E-state index contributed by atoms with van der Waals surface area (Å²) in [6, 6.07) is 5.62. The molecule has 1 aromatic carbocycles. The number of hydrogen-bond acceptors (Lipinski definition) is 7. The van der Waals surface area contributed by atoms with Gasteiger partial charge in [-0.1, -0.05) is 13.8 Å². The van der Waals surface area contributed by atoms with Gasteiger partial charge in [0.2, 0.25) is 5.91 Å². The summed E-state index contributed by atoms with van der Waals surface area (Å²) >= 11 is 0. The van der Waals surface area contributed by atoms with E-state index in [2.05, 4.69) is 29.0 Å². The standard InChI is InChI=1S/C30H41N5O5/c1-17-18(2)35(24-14-30(3,4)15-25(36)28(17)24)20-7-10-22(29(32)39)23(13-20)34-19-5-8-21(9-6-19)40-27(38)16-33-26(37)11-12-31/h7,10,13,19,21,34H,5-6,8-9,11-12,14-16,31H2,1-4H3,(H2,32,39)(H,33,37)/t19-,21-. The number of Topliss-reactive ketones (excluding diaryl/α,β-unsaturated/α-hetero) is 1.